The molecule has 4 nitrogen and oxygen atoms in total. The van der Waals surface area contributed by atoms with Crippen molar-refractivity contribution in [3.63, 3.8) is 0 Å². The molecular weight excluding hydrogens is 218 g/mol. The van der Waals surface area contributed by atoms with Crippen LogP contribution in [-0.4, -0.2) is 43.8 Å². The molecule has 17 heavy (non-hydrogen) atoms. The average molecular weight is 235 g/mol. The fourth-order valence-corrected chi connectivity index (χ4v) is 2.12. The number of morpholine rings is 1. The summed E-state index contributed by atoms with van der Waals surface area (Å²) >= 11 is 0. The lowest BCUT2D eigenvalue weighted by atomic mass is 10.1. The zero-order chi connectivity index (χ0) is 12.3. The van der Waals surface area contributed by atoms with Gasteiger partial charge >= 0.3 is 0 Å². The zero-order valence-electron chi connectivity index (χ0n) is 9.93. The van der Waals surface area contributed by atoms with E-state index in [0.717, 1.165) is 24.1 Å². The fraction of sp³-hybridized carbons (Fsp3) is 0.462. The maximum atomic E-state index is 10.8. The van der Waals surface area contributed by atoms with E-state index in [1.165, 1.54) is 0 Å². The third kappa shape index (κ3) is 2.48. The number of rotatable bonds is 3. The van der Waals surface area contributed by atoms with Gasteiger partial charge in [-0.25, -0.2) is 0 Å². The van der Waals surface area contributed by atoms with Crippen LogP contribution < -0.4 is 4.90 Å². The van der Waals surface area contributed by atoms with Gasteiger partial charge in [0.1, 0.15) is 6.29 Å². The third-order valence-corrected chi connectivity index (χ3v) is 3.15. The van der Waals surface area contributed by atoms with Gasteiger partial charge in [-0.05, 0) is 30.7 Å². The summed E-state index contributed by atoms with van der Waals surface area (Å²) in [6.45, 7) is 3.98. The van der Waals surface area contributed by atoms with E-state index in [2.05, 4.69) is 4.90 Å². The topological polar surface area (TPSA) is 49.8 Å². The van der Waals surface area contributed by atoms with Gasteiger partial charge in [0.15, 0.2) is 0 Å². The van der Waals surface area contributed by atoms with Crippen LogP contribution in [-0.2, 0) is 4.74 Å². The third-order valence-electron chi connectivity index (χ3n) is 3.15. The molecule has 1 aliphatic rings. The van der Waals surface area contributed by atoms with E-state index in [-0.39, 0.29) is 12.6 Å². The van der Waals surface area contributed by atoms with Crippen molar-refractivity contribution in [2.75, 3.05) is 31.3 Å². The van der Waals surface area contributed by atoms with Gasteiger partial charge in [-0.2, -0.15) is 0 Å². The van der Waals surface area contributed by atoms with Crippen molar-refractivity contribution in [1.29, 1.82) is 0 Å². The number of aryl methyl sites for hydroxylation is 1. The number of anilines is 1. The number of carbonyl (C=O) groups is 1. The van der Waals surface area contributed by atoms with Crippen molar-refractivity contribution in [3.8, 4) is 0 Å². The van der Waals surface area contributed by atoms with Crippen molar-refractivity contribution in [1.82, 2.24) is 0 Å². The van der Waals surface area contributed by atoms with E-state index in [9.17, 15) is 9.90 Å². The first-order valence-electron chi connectivity index (χ1n) is 5.77. The van der Waals surface area contributed by atoms with Crippen molar-refractivity contribution in [2.45, 2.75) is 13.0 Å². The summed E-state index contributed by atoms with van der Waals surface area (Å²) in [6, 6.07) is 5.73. The molecule has 1 aromatic carbocycles. The lowest BCUT2D eigenvalue weighted by Gasteiger charge is -2.36. The average Bonchev–Trinajstić information content (AvgIpc) is 2.38. The van der Waals surface area contributed by atoms with Gasteiger partial charge in [0.2, 0.25) is 0 Å². The molecular formula is C13H17NO3. The van der Waals surface area contributed by atoms with Gasteiger partial charge in [-0.15, -0.1) is 0 Å². The van der Waals surface area contributed by atoms with E-state index in [4.69, 9.17) is 4.74 Å². The minimum absolute atomic E-state index is 0.00484. The summed E-state index contributed by atoms with van der Waals surface area (Å²) in [4.78, 5) is 12.9. The Morgan fingerprint density at radius 3 is 3.06 bits per heavy atom. The molecule has 1 saturated heterocycles. The van der Waals surface area contributed by atoms with E-state index >= 15 is 0 Å². The molecule has 0 aliphatic carbocycles. The highest BCUT2D eigenvalue weighted by Crippen LogP contribution is 2.22. The first-order valence-corrected chi connectivity index (χ1v) is 5.77. The van der Waals surface area contributed by atoms with Crippen LogP contribution in [0.4, 0.5) is 5.69 Å². The first kappa shape index (κ1) is 12.1. The number of ether oxygens (including phenoxy) is 1. The molecule has 1 N–H and O–H groups in total. The summed E-state index contributed by atoms with van der Waals surface area (Å²) in [5.41, 5.74) is 2.71. The zero-order valence-corrected chi connectivity index (χ0v) is 9.93. The Bertz CT molecular complexity index is 406. The first-order chi connectivity index (χ1) is 8.26. The maximum Gasteiger partial charge on any atom is 0.150 e. The summed E-state index contributed by atoms with van der Waals surface area (Å²) in [5.74, 6) is 0. The number of benzene rings is 1. The number of hydrogen-bond acceptors (Lipinski definition) is 4. The van der Waals surface area contributed by atoms with Gasteiger partial charge in [0.05, 0.1) is 25.9 Å². The molecule has 1 unspecified atom stereocenters. The lowest BCUT2D eigenvalue weighted by Crippen LogP contribution is -2.47. The Kier molecular flexibility index (Phi) is 3.76. The second-order valence-electron chi connectivity index (χ2n) is 4.26. The maximum absolute atomic E-state index is 10.8. The molecule has 1 aromatic rings. The van der Waals surface area contributed by atoms with Gasteiger partial charge in [0.25, 0.3) is 0 Å². The molecule has 92 valence electrons. The van der Waals surface area contributed by atoms with Crippen LogP contribution in [0.15, 0.2) is 18.2 Å². The smallest absolute Gasteiger partial charge is 0.150 e. The van der Waals surface area contributed by atoms with Crippen LogP contribution in [0.3, 0.4) is 0 Å². The Hall–Kier alpha value is -1.39. The van der Waals surface area contributed by atoms with Gasteiger partial charge in [-0.3, -0.25) is 4.79 Å². The summed E-state index contributed by atoms with van der Waals surface area (Å²) < 4.78 is 5.34. The Labute approximate surface area is 101 Å². The normalized spacial score (nSPS) is 20.4. The number of aldehydes is 1. The van der Waals surface area contributed by atoms with E-state index in [1.807, 2.05) is 25.1 Å². The SMILES string of the molecule is Cc1cc(N2CCOCC2CO)ccc1C=O. The van der Waals surface area contributed by atoms with Crippen molar-refractivity contribution < 1.29 is 14.6 Å². The van der Waals surface area contributed by atoms with Crippen LogP contribution >= 0.6 is 0 Å². The fourth-order valence-electron chi connectivity index (χ4n) is 2.12. The van der Waals surface area contributed by atoms with Crippen LogP contribution in [0.5, 0.6) is 0 Å². The molecule has 0 amide bonds. The Balaban J connectivity index is 2.25. The summed E-state index contributed by atoms with van der Waals surface area (Å²) in [7, 11) is 0. The number of carbonyl (C=O) groups excluding carboxylic acids is 1. The molecule has 1 heterocycles. The number of aliphatic hydroxyl groups excluding tert-OH is 1. The summed E-state index contributed by atoms with van der Waals surface area (Å²) in [5, 5.41) is 9.31. The van der Waals surface area contributed by atoms with Gasteiger partial charge < -0.3 is 14.7 Å². The highest BCUT2D eigenvalue weighted by molar-refractivity contribution is 5.78. The number of nitrogens with zero attached hydrogens (tertiary/aromatic N) is 1. The minimum atomic E-state index is 0.00484. The van der Waals surface area contributed by atoms with Gasteiger partial charge in [0, 0.05) is 17.8 Å². The minimum Gasteiger partial charge on any atom is -0.394 e. The second kappa shape index (κ2) is 5.29. The molecule has 0 bridgehead atoms. The molecule has 1 fully saturated rings. The van der Waals surface area contributed by atoms with E-state index < -0.39 is 0 Å². The van der Waals surface area contributed by atoms with Crippen LogP contribution in [0, 0.1) is 6.92 Å². The Morgan fingerprint density at radius 1 is 1.59 bits per heavy atom. The molecule has 0 radical (unpaired) electrons. The van der Waals surface area contributed by atoms with Crippen molar-refractivity contribution >= 4 is 12.0 Å². The molecule has 1 aliphatic heterocycles. The highest BCUT2D eigenvalue weighted by Gasteiger charge is 2.22. The quantitative estimate of drug-likeness (QED) is 0.794. The van der Waals surface area contributed by atoms with Crippen LogP contribution in [0.25, 0.3) is 0 Å². The van der Waals surface area contributed by atoms with E-state index in [0.29, 0.717) is 18.8 Å². The molecule has 4 heteroatoms. The van der Waals surface area contributed by atoms with Crippen molar-refractivity contribution in [3.05, 3.63) is 29.3 Å². The lowest BCUT2D eigenvalue weighted by molar-refractivity contribution is 0.0727. The highest BCUT2D eigenvalue weighted by atomic mass is 16.5. The number of aliphatic hydroxyl groups is 1. The molecule has 0 spiro atoms. The standard InChI is InChI=1S/C13H17NO3/c1-10-6-12(3-2-11(10)7-15)14-4-5-17-9-13(14)8-16/h2-3,6-7,13,16H,4-5,8-9H2,1H3. The van der Waals surface area contributed by atoms with Crippen LogP contribution in [0.1, 0.15) is 15.9 Å². The number of hydrogen-bond donors (Lipinski definition) is 1. The van der Waals surface area contributed by atoms with Crippen LogP contribution in [0.2, 0.25) is 0 Å². The Morgan fingerprint density at radius 2 is 2.41 bits per heavy atom. The molecule has 2 rings (SSSR count). The predicted octanol–water partition coefficient (Wildman–Crippen LogP) is 1.01. The predicted molar refractivity (Wildman–Crippen MR) is 65.6 cm³/mol. The van der Waals surface area contributed by atoms with Crippen molar-refractivity contribution in [2.24, 2.45) is 0 Å². The molecule has 1 atom stereocenters. The monoisotopic (exact) mass is 235 g/mol. The largest absolute Gasteiger partial charge is 0.394 e. The second-order valence-corrected chi connectivity index (χ2v) is 4.26. The van der Waals surface area contributed by atoms with Gasteiger partial charge in [-0.1, -0.05) is 0 Å². The van der Waals surface area contributed by atoms with E-state index in [1.54, 1.807) is 0 Å². The molecule has 0 aromatic heterocycles. The molecule has 0 saturated carbocycles. The summed E-state index contributed by atoms with van der Waals surface area (Å²) in [6.07, 6.45) is 0.863.